The maximum absolute atomic E-state index is 5.79. The highest BCUT2D eigenvalue weighted by atomic mass is 16.5. The van der Waals surface area contributed by atoms with Crippen LogP contribution in [0.3, 0.4) is 0 Å². The van der Waals surface area contributed by atoms with Crippen LogP contribution in [-0.2, 0) is 0 Å². The van der Waals surface area contributed by atoms with Gasteiger partial charge in [-0.2, -0.15) is 0 Å². The Morgan fingerprint density at radius 1 is 1.12 bits per heavy atom. The first kappa shape index (κ1) is 13.0. The van der Waals surface area contributed by atoms with Crippen molar-refractivity contribution >= 4 is 0 Å². The van der Waals surface area contributed by atoms with E-state index in [4.69, 9.17) is 4.74 Å². The molecule has 1 aromatic carbocycles. The molecule has 0 aliphatic heterocycles. The van der Waals surface area contributed by atoms with Crippen molar-refractivity contribution in [3.8, 4) is 5.75 Å². The molecule has 0 aliphatic carbocycles. The van der Waals surface area contributed by atoms with E-state index in [0.29, 0.717) is 6.04 Å². The summed E-state index contributed by atoms with van der Waals surface area (Å²) in [5.74, 6) is 0.946. The molecule has 0 aliphatic rings. The lowest BCUT2D eigenvalue weighted by atomic mass is 10.1. The zero-order valence-corrected chi connectivity index (χ0v) is 10.6. The van der Waals surface area contributed by atoms with Gasteiger partial charge in [0.1, 0.15) is 11.9 Å². The molecule has 0 spiro atoms. The van der Waals surface area contributed by atoms with Crippen molar-refractivity contribution in [3.63, 3.8) is 0 Å². The Morgan fingerprint density at radius 3 is 2.31 bits per heavy atom. The van der Waals surface area contributed by atoms with Crippen LogP contribution < -0.4 is 10.1 Å². The second-order valence-electron chi connectivity index (χ2n) is 4.16. The molecule has 1 unspecified atom stereocenters. The van der Waals surface area contributed by atoms with Gasteiger partial charge in [-0.25, -0.2) is 0 Å². The van der Waals surface area contributed by atoms with Gasteiger partial charge in [0.25, 0.3) is 0 Å². The predicted molar refractivity (Wildman–Crippen MR) is 68.9 cm³/mol. The molecular weight excluding hydrogens is 198 g/mol. The lowest BCUT2D eigenvalue weighted by molar-refractivity contribution is 0.210. The highest BCUT2D eigenvalue weighted by Crippen LogP contribution is 2.10. The second-order valence-corrected chi connectivity index (χ2v) is 4.16. The number of ether oxygens (including phenoxy) is 1. The Hall–Kier alpha value is -1.02. The lowest BCUT2D eigenvalue weighted by Gasteiger charge is -2.19. The molecule has 2 heteroatoms. The average Bonchev–Trinajstić information content (AvgIpc) is 2.31. The van der Waals surface area contributed by atoms with E-state index in [0.717, 1.165) is 12.3 Å². The maximum Gasteiger partial charge on any atom is 0.119 e. The maximum atomic E-state index is 5.79. The topological polar surface area (TPSA) is 21.3 Å². The molecule has 0 saturated heterocycles. The number of hydrogen-bond acceptors (Lipinski definition) is 2. The summed E-state index contributed by atoms with van der Waals surface area (Å²) in [5, 5.41) is 3.51. The summed E-state index contributed by atoms with van der Waals surface area (Å²) in [5.41, 5.74) is 0. The van der Waals surface area contributed by atoms with Gasteiger partial charge in [-0.15, -0.1) is 0 Å². The number of nitrogens with one attached hydrogen (secondary N) is 1. The molecule has 2 nitrogen and oxygen atoms in total. The molecule has 0 heterocycles. The van der Waals surface area contributed by atoms with Crippen LogP contribution >= 0.6 is 0 Å². The summed E-state index contributed by atoms with van der Waals surface area (Å²) in [6.45, 7) is 7.43. The van der Waals surface area contributed by atoms with E-state index >= 15 is 0 Å². The van der Waals surface area contributed by atoms with Crippen molar-refractivity contribution in [2.24, 2.45) is 0 Å². The molecule has 1 atom stereocenters. The number of rotatable bonds is 7. The first-order valence-electron chi connectivity index (χ1n) is 6.21. The van der Waals surface area contributed by atoms with Gasteiger partial charge < -0.3 is 10.1 Å². The van der Waals surface area contributed by atoms with Crippen LogP contribution in [0.1, 0.15) is 33.6 Å². The second kappa shape index (κ2) is 7.29. The van der Waals surface area contributed by atoms with Crippen LogP contribution in [-0.4, -0.2) is 18.7 Å². The normalized spacial score (nSPS) is 12.8. The molecule has 1 N–H and O–H groups in total. The molecule has 1 rings (SSSR count). The largest absolute Gasteiger partial charge is 0.489 e. The molecule has 16 heavy (non-hydrogen) atoms. The molecule has 0 radical (unpaired) electrons. The molecule has 0 fully saturated rings. The summed E-state index contributed by atoms with van der Waals surface area (Å²) >= 11 is 0. The van der Waals surface area contributed by atoms with Gasteiger partial charge in [-0.3, -0.25) is 0 Å². The van der Waals surface area contributed by atoms with Crippen LogP contribution in [0, 0.1) is 0 Å². The number of benzene rings is 1. The number of hydrogen-bond donors (Lipinski definition) is 1. The Labute approximate surface area is 99.0 Å². The van der Waals surface area contributed by atoms with Crippen LogP contribution in [0.5, 0.6) is 5.75 Å². The first-order chi connectivity index (χ1) is 7.76. The fourth-order valence-electron chi connectivity index (χ4n) is 1.68. The van der Waals surface area contributed by atoms with E-state index < -0.39 is 0 Å². The first-order valence-corrected chi connectivity index (χ1v) is 6.21. The fourth-order valence-corrected chi connectivity index (χ4v) is 1.68. The van der Waals surface area contributed by atoms with Gasteiger partial charge in [0, 0.05) is 12.6 Å². The highest BCUT2D eigenvalue weighted by Gasteiger charge is 2.07. The highest BCUT2D eigenvalue weighted by molar-refractivity contribution is 5.21. The summed E-state index contributed by atoms with van der Waals surface area (Å²) in [7, 11) is 0. The van der Waals surface area contributed by atoms with E-state index in [9.17, 15) is 0 Å². The van der Waals surface area contributed by atoms with Crippen LogP contribution in [0.2, 0.25) is 0 Å². The predicted octanol–water partition coefficient (Wildman–Crippen LogP) is 3.23. The molecule has 90 valence electrons. The van der Waals surface area contributed by atoms with Crippen LogP contribution in [0.4, 0.5) is 0 Å². The van der Waals surface area contributed by atoms with Crippen LogP contribution in [0.25, 0.3) is 0 Å². The minimum absolute atomic E-state index is 0.211. The van der Waals surface area contributed by atoms with Crippen molar-refractivity contribution in [2.45, 2.75) is 45.8 Å². The van der Waals surface area contributed by atoms with Gasteiger partial charge in [0.2, 0.25) is 0 Å². The minimum Gasteiger partial charge on any atom is -0.489 e. The molecule has 0 aromatic heterocycles. The standard InChI is InChI=1S/C14H23NO/c1-4-13(5-2)15-11-12(3)16-14-9-7-6-8-10-14/h6-10,12-13,15H,4-5,11H2,1-3H3. The Balaban J connectivity index is 2.28. The molecule has 0 amide bonds. The monoisotopic (exact) mass is 221 g/mol. The summed E-state index contributed by atoms with van der Waals surface area (Å²) in [6.07, 6.45) is 2.56. The van der Waals surface area contributed by atoms with Gasteiger partial charge in [0.05, 0.1) is 0 Å². The summed E-state index contributed by atoms with van der Waals surface area (Å²) in [4.78, 5) is 0. The zero-order valence-electron chi connectivity index (χ0n) is 10.6. The Bertz CT molecular complexity index is 269. The summed E-state index contributed by atoms with van der Waals surface area (Å²) in [6, 6.07) is 10.6. The van der Waals surface area contributed by atoms with Gasteiger partial charge in [-0.1, -0.05) is 32.0 Å². The molecule has 0 bridgehead atoms. The molecular formula is C14H23NO. The van der Waals surface area contributed by atoms with E-state index in [1.165, 1.54) is 12.8 Å². The third-order valence-corrected chi connectivity index (χ3v) is 2.76. The van der Waals surface area contributed by atoms with E-state index in [1.54, 1.807) is 0 Å². The zero-order chi connectivity index (χ0) is 11.8. The minimum atomic E-state index is 0.211. The molecule has 0 saturated carbocycles. The fraction of sp³-hybridized carbons (Fsp3) is 0.571. The Kier molecular flexibility index (Phi) is 5.94. The third kappa shape index (κ3) is 4.67. The van der Waals surface area contributed by atoms with Crippen LogP contribution in [0.15, 0.2) is 30.3 Å². The van der Waals surface area contributed by atoms with Gasteiger partial charge in [0.15, 0.2) is 0 Å². The van der Waals surface area contributed by atoms with E-state index in [-0.39, 0.29) is 6.10 Å². The smallest absolute Gasteiger partial charge is 0.119 e. The average molecular weight is 221 g/mol. The quantitative estimate of drug-likeness (QED) is 0.763. The molecule has 1 aromatic rings. The van der Waals surface area contributed by atoms with Crippen molar-refractivity contribution in [1.29, 1.82) is 0 Å². The van der Waals surface area contributed by atoms with Gasteiger partial charge in [-0.05, 0) is 31.9 Å². The lowest BCUT2D eigenvalue weighted by Crippen LogP contribution is -2.36. The van der Waals surface area contributed by atoms with Crippen molar-refractivity contribution in [1.82, 2.24) is 5.32 Å². The Morgan fingerprint density at radius 2 is 1.75 bits per heavy atom. The SMILES string of the molecule is CCC(CC)NCC(C)Oc1ccccc1. The van der Waals surface area contributed by atoms with Crippen molar-refractivity contribution < 1.29 is 4.74 Å². The van der Waals surface area contributed by atoms with Gasteiger partial charge >= 0.3 is 0 Å². The van der Waals surface area contributed by atoms with E-state index in [2.05, 4.69) is 26.1 Å². The third-order valence-electron chi connectivity index (χ3n) is 2.76. The van der Waals surface area contributed by atoms with Crippen molar-refractivity contribution in [3.05, 3.63) is 30.3 Å². The number of para-hydroxylation sites is 1. The van der Waals surface area contributed by atoms with Crippen molar-refractivity contribution in [2.75, 3.05) is 6.54 Å². The summed E-state index contributed by atoms with van der Waals surface area (Å²) < 4.78 is 5.79. The van der Waals surface area contributed by atoms with E-state index in [1.807, 2.05) is 30.3 Å².